The number of hydrogen-bond donors (Lipinski definition) is 0. The summed E-state index contributed by atoms with van der Waals surface area (Å²) < 4.78 is 43.6. The Morgan fingerprint density at radius 3 is 1.31 bits per heavy atom. The molecule has 345 valence electrons. The molecule has 4 aromatic carbocycles. The van der Waals surface area contributed by atoms with E-state index >= 15 is 0 Å². The molecule has 0 N–H and O–H groups in total. The molecular weight excluding hydrogens is 976 g/mol. The molecule has 4 fully saturated rings. The molecule has 4 saturated carbocycles. The van der Waals surface area contributed by atoms with E-state index in [0.717, 1.165) is 24.7 Å². The van der Waals surface area contributed by atoms with Gasteiger partial charge in [-0.05, 0) is 0 Å². The second-order valence-electron chi connectivity index (χ2n) is 24.5. The van der Waals surface area contributed by atoms with Crippen molar-refractivity contribution >= 4 is 61.6 Å². The van der Waals surface area contributed by atoms with Crippen molar-refractivity contribution in [1.29, 1.82) is 0 Å². The number of rotatable bonds is 13. The minimum absolute atomic E-state index is 0.0795. The third-order valence-corrected chi connectivity index (χ3v) is 72.6. The molecule has 0 heterocycles. The number of benzene rings is 4. The monoisotopic (exact) mass is 1040 g/mol. The second-order valence-corrected chi connectivity index (χ2v) is 76.0. The zero-order chi connectivity index (χ0) is 46.0. The van der Waals surface area contributed by atoms with Gasteiger partial charge in [0.2, 0.25) is 0 Å². The Labute approximate surface area is 399 Å². The van der Waals surface area contributed by atoms with E-state index in [-0.39, 0.29) is 24.1 Å². The molecule has 0 amide bonds. The molecular formula is C56H70Cl2F3Si3Zr. The third kappa shape index (κ3) is 8.38. The van der Waals surface area contributed by atoms with Crippen LogP contribution in [0.4, 0.5) is 13.2 Å². The summed E-state index contributed by atoms with van der Waals surface area (Å²) in [7, 11) is 15.4. The van der Waals surface area contributed by atoms with Crippen LogP contribution in [0.1, 0.15) is 113 Å². The van der Waals surface area contributed by atoms with E-state index in [1.54, 1.807) is 0 Å². The van der Waals surface area contributed by atoms with Crippen LogP contribution in [0.25, 0.3) is 34.4 Å². The molecule has 0 aliphatic heterocycles. The second kappa shape index (κ2) is 16.4. The molecule has 0 spiro atoms. The van der Waals surface area contributed by atoms with Crippen molar-refractivity contribution in [3.8, 4) is 22.3 Å². The molecule has 3 atom stereocenters. The predicted octanol–water partition coefficient (Wildman–Crippen LogP) is 16.9. The van der Waals surface area contributed by atoms with Gasteiger partial charge in [0.1, 0.15) is 0 Å². The molecule has 3 unspecified atom stereocenters. The van der Waals surface area contributed by atoms with Gasteiger partial charge in [-0.15, -0.1) is 0 Å². The molecule has 0 aromatic heterocycles. The summed E-state index contributed by atoms with van der Waals surface area (Å²) in [6, 6.07) is 32.1. The van der Waals surface area contributed by atoms with Gasteiger partial charge >= 0.3 is 402 Å². The van der Waals surface area contributed by atoms with Crippen LogP contribution < -0.4 is 10.4 Å². The molecule has 0 saturated heterocycles. The van der Waals surface area contributed by atoms with Gasteiger partial charge in [0.15, 0.2) is 0 Å². The molecule has 4 bridgehead atoms. The fraction of sp³-hybridized carbons (Fsp3) is 0.500. The van der Waals surface area contributed by atoms with E-state index in [9.17, 15) is 30.2 Å². The average molecular weight is 1050 g/mol. The number of fused-ring (bicyclic) bond motifs is 6. The van der Waals surface area contributed by atoms with Gasteiger partial charge < -0.3 is 0 Å². The Kier molecular flexibility index (Phi) is 11.9. The van der Waals surface area contributed by atoms with Gasteiger partial charge in [-0.3, -0.25) is 0 Å². The van der Waals surface area contributed by atoms with Gasteiger partial charge in [-0.25, -0.2) is 0 Å². The Hall–Kier alpha value is -1.74. The van der Waals surface area contributed by atoms with Crippen molar-refractivity contribution in [3.05, 3.63) is 118 Å². The summed E-state index contributed by atoms with van der Waals surface area (Å²) in [5, 5.41) is 2.86. The molecule has 65 heavy (non-hydrogen) atoms. The van der Waals surface area contributed by atoms with Crippen molar-refractivity contribution in [1.82, 2.24) is 0 Å². The number of alkyl halides is 3. The molecule has 9 heteroatoms. The normalized spacial score (nSPS) is 28.2. The first-order valence-corrected chi connectivity index (χ1v) is 48.0. The standard InChI is InChI=1S/2C26H31Si.C4H8F3Si.2ClH.Zr/c2*1-27(2,3)23-9-7-21(8-10-23)24-6-4-5-22-15-20(16-25(22)24)18-26-13-11-19(17-26)12-14-26;1-8-3-2-4(5,6)7;;;/h2*4-10,15-16,19H,11-14,17-18H2,1-3H3;8H,2-3H2,1H3;2*1H;/q;;;;;+2/p-2. The molecule has 4 aromatic rings. The summed E-state index contributed by atoms with van der Waals surface area (Å²) in [5.74, 6) is -1.01. The number of halogens is 5. The number of hydrogen-bond acceptors (Lipinski definition) is 0. The summed E-state index contributed by atoms with van der Waals surface area (Å²) in [6.45, 7) is 16.5. The number of allylic oxidation sites excluding steroid dienone is 2. The predicted molar refractivity (Wildman–Crippen MR) is 279 cm³/mol. The van der Waals surface area contributed by atoms with Crippen molar-refractivity contribution in [2.45, 2.75) is 149 Å². The fourth-order valence-electron chi connectivity index (χ4n) is 14.7. The summed E-state index contributed by atoms with van der Waals surface area (Å²) in [6.07, 6.45) is 14.3. The average Bonchev–Trinajstić information content (AvgIpc) is 4.12. The quantitative estimate of drug-likeness (QED) is 0.117. The van der Waals surface area contributed by atoms with Crippen molar-refractivity contribution in [2.24, 2.45) is 22.7 Å². The van der Waals surface area contributed by atoms with Gasteiger partial charge in [-0.1, -0.05) is 0 Å². The third-order valence-electron chi connectivity index (χ3n) is 18.3. The zero-order valence-corrected chi connectivity index (χ0v) is 47.0. The van der Waals surface area contributed by atoms with Crippen LogP contribution in [-0.4, -0.2) is 28.2 Å². The first kappa shape index (κ1) is 47.0. The van der Waals surface area contributed by atoms with Crippen LogP contribution in [0, 0.1) is 22.7 Å². The van der Waals surface area contributed by atoms with Crippen LogP contribution >= 0.6 is 17.0 Å². The van der Waals surface area contributed by atoms with E-state index in [2.05, 4.69) is 143 Å². The maximum absolute atomic E-state index is 14.7. The molecule has 0 radical (unpaired) electrons. The maximum atomic E-state index is 14.7. The van der Waals surface area contributed by atoms with Gasteiger partial charge in [0, 0.05) is 0 Å². The first-order chi connectivity index (χ1) is 30.5. The summed E-state index contributed by atoms with van der Waals surface area (Å²) >= 11 is -5.75. The van der Waals surface area contributed by atoms with Crippen molar-refractivity contribution in [2.75, 3.05) is 0 Å². The SMILES string of the molecule is C[SiH](CCC(F)(F)F)[Zr]([Cl])([Cl])([CH]1C(CC23CCC(CC2)C3)=Cc2c(-c3ccc([Si](C)(C)C)cc3)cccc21)[CH]1C(CC23CCC(CC2)C3)=Cc2c(-c3ccc([Si](C)(C)C)cc3)cccc21. The van der Waals surface area contributed by atoms with E-state index in [4.69, 9.17) is 0 Å². The Balaban J connectivity index is 1.19. The summed E-state index contributed by atoms with van der Waals surface area (Å²) in [5.41, 5.74) is 12.7. The molecule has 0 nitrogen and oxygen atoms in total. The van der Waals surface area contributed by atoms with Crippen molar-refractivity contribution in [3.63, 3.8) is 0 Å². The van der Waals surface area contributed by atoms with Crippen LogP contribution in [-0.2, 0) is 15.6 Å². The summed E-state index contributed by atoms with van der Waals surface area (Å²) in [4.78, 5) is 0. The van der Waals surface area contributed by atoms with Gasteiger partial charge in [-0.2, -0.15) is 0 Å². The van der Waals surface area contributed by atoms with E-state index in [0.29, 0.717) is 0 Å². The van der Waals surface area contributed by atoms with E-state index in [1.165, 1.54) is 130 Å². The topological polar surface area (TPSA) is 0 Å². The first-order valence-electron chi connectivity index (χ1n) is 25.1. The van der Waals surface area contributed by atoms with Crippen LogP contribution in [0.2, 0.25) is 51.9 Å². The van der Waals surface area contributed by atoms with Crippen LogP contribution in [0.5, 0.6) is 0 Å². The Bertz CT molecular complexity index is 2380. The molecule has 6 aliphatic rings. The van der Waals surface area contributed by atoms with Crippen molar-refractivity contribution < 1.29 is 28.7 Å². The van der Waals surface area contributed by atoms with Gasteiger partial charge in [0.05, 0.1) is 0 Å². The van der Waals surface area contributed by atoms with Crippen LogP contribution in [0.15, 0.2) is 96.1 Å². The van der Waals surface area contributed by atoms with E-state index < -0.39 is 50.2 Å². The Morgan fingerprint density at radius 1 is 0.600 bits per heavy atom. The van der Waals surface area contributed by atoms with E-state index in [1.807, 2.05) is 0 Å². The van der Waals surface area contributed by atoms with Crippen LogP contribution in [0.3, 0.4) is 0 Å². The molecule has 6 aliphatic carbocycles. The fourth-order valence-corrected chi connectivity index (χ4v) is 57.0. The van der Waals surface area contributed by atoms with Gasteiger partial charge in [0.25, 0.3) is 0 Å². The minimum atomic E-state index is -5.75. The Morgan fingerprint density at radius 2 is 0.985 bits per heavy atom. The molecule has 10 rings (SSSR count). The zero-order valence-electron chi connectivity index (χ0n) is 39.9.